The lowest BCUT2D eigenvalue weighted by atomic mass is 9.79. The zero-order chi connectivity index (χ0) is 18.2. The summed E-state index contributed by atoms with van der Waals surface area (Å²) in [5.41, 5.74) is 4.03. The average Bonchev–Trinajstić information content (AvgIpc) is 2.34. The number of hydrogen-bond acceptors (Lipinski definition) is 1. The molecule has 0 aromatic heterocycles. The van der Waals surface area contributed by atoms with E-state index < -0.39 is 6.63 Å². The van der Waals surface area contributed by atoms with Crippen LogP contribution in [0.25, 0.3) is 0 Å². The molecule has 23 heavy (non-hydrogen) atoms. The summed E-state index contributed by atoms with van der Waals surface area (Å²) in [5, 5.41) is 1.15. The Morgan fingerprint density at radius 3 is 1.87 bits per heavy atom. The molecular formula is C19H32Cl2NP. The lowest BCUT2D eigenvalue weighted by Crippen LogP contribution is -2.31. The van der Waals surface area contributed by atoms with E-state index in [1.54, 1.807) is 0 Å². The third-order valence-corrected chi connectivity index (χ3v) is 6.21. The van der Waals surface area contributed by atoms with E-state index in [0.29, 0.717) is 6.04 Å². The second kappa shape index (κ2) is 7.61. The van der Waals surface area contributed by atoms with Crippen LogP contribution in [-0.4, -0.2) is 18.0 Å². The van der Waals surface area contributed by atoms with Crippen LogP contribution < -0.4 is 5.30 Å². The van der Waals surface area contributed by atoms with Crippen LogP contribution in [0.3, 0.4) is 0 Å². The Bertz CT molecular complexity index is 540. The first-order valence-electron chi connectivity index (χ1n) is 8.25. The Balaban J connectivity index is 3.62. The van der Waals surface area contributed by atoms with Crippen LogP contribution in [-0.2, 0) is 17.4 Å². The lowest BCUT2D eigenvalue weighted by Gasteiger charge is -2.31. The molecule has 132 valence electrons. The summed E-state index contributed by atoms with van der Waals surface area (Å²) >= 11 is 12.9. The SMILES string of the molecule is CC(C)N(C)Cc1cc(C(C)(C)C)cc(C(C)(C)C)c1P(Cl)Cl. The Labute approximate surface area is 154 Å². The van der Waals surface area contributed by atoms with Crippen LogP contribution >= 0.6 is 29.1 Å². The fourth-order valence-electron chi connectivity index (χ4n) is 2.47. The van der Waals surface area contributed by atoms with Crippen molar-refractivity contribution in [1.82, 2.24) is 4.90 Å². The largest absolute Gasteiger partial charge is 0.300 e. The van der Waals surface area contributed by atoms with Crippen molar-refractivity contribution in [3.05, 3.63) is 28.8 Å². The number of halogens is 2. The normalized spacial score (nSPS) is 13.5. The van der Waals surface area contributed by atoms with Crippen molar-refractivity contribution in [1.29, 1.82) is 0 Å². The molecule has 0 amide bonds. The van der Waals surface area contributed by atoms with Crippen LogP contribution in [0.2, 0.25) is 0 Å². The molecule has 0 unspecified atom stereocenters. The molecule has 0 radical (unpaired) electrons. The molecule has 1 rings (SSSR count). The van der Waals surface area contributed by atoms with E-state index in [1.165, 1.54) is 16.7 Å². The fraction of sp³-hybridized carbons (Fsp3) is 0.684. The minimum atomic E-state index is -1.18. The van der Waals surface area contributed by atoms with Gasteiger partial charge in [-0.3, -0.25) is 4.90 Å². The first-order chi connectivity index (χ1) is 10.2. The number of rotatable bonds is 4. The monoisotopic (exact) mass is 375 g/mol. The highest BCUT2D eigenvalue weighted by atomic mass is 35.9. The molecule has 0 spiro atoms. The van der Waals surface area contributed by atoms with Gasteiger partial charge < -0.3 is 0 Å². The van der Waals surface area contributed by atoms with Gasteiger partial charge in [0.25, 0.3) is 0 Å². The van der Waals surface area contributed by atoms with Gasteiger partial charge in [-0.15, -0.1) is 0 Å². The third-order valence-electron chi connectivity index (χ3n) is 4.33. The molecule has 4 heteroatoms. The molecule has 0 aliphatic heterocycles. The summed E-state index contributed by atoms with van der Waals surface area (Å²) in [6, 6.07) is 5.11. The van der Waals surface area contributed by atoms with E-state index in [0.717, 1.165) is 11.8 Å². The molecule has 1 aromatic carbocycles. The molecule has 0 N–H and O–H groups in total. The average molecular weight is 376 g/mol. The van der Waals surface area contributed by atoms with Crippen molar-refractivity contribution < 1.29 is 0 Å². The molecular weight excluding hydrogens is 344 g/mol. The van der Waals surface area contributed by atoms with E-state index in [2.05, 4.69) is 79.5 Å². The van der Waals surface area contributed by atoms with E-state index in [1.807, 2.05) is 0 Å². The molecule has 0 fully saturated rings. The van der Waals surface area contributed by atoms with Crippen LogP contribution in [0, 0.1) is 0 Å². The minimum Gasteiger partial charge on any atom is -0.300 e. The van der Waals surface area contributed by atoms with Gasteiger partial charge in [0.2, 0.25) is 0 Å². The van der Waals surface area contributed by atoms with E-state index in [4.69, 9.17) is 22.5 Å². The molecule has 0 atom stereocenters. The molecule has 0 saturated carbocycles. The highest BCUT2D eigenvalue weighted by molar-refractivity contribution is 8.09. The maximum Gasteiger partial charge on any atom is 0.117 e. The summed E-state index contributed by atoms with van der Waals surface area (Å²) in [5.74, 6) is 0. The summed E-state index contributed by atoms with van der Waals surface area (Å²) in [6.45, 7) is 17.6. The van der Waals surface area contributed by atoms with Gasteiger partial charge in [-0.1, -0.05) is 76.2 Å². The Morgan fingerprint density at radius 2 is 1.52 bits per heavy atom. The Kier molecular flexibility index (Phi) is 7.02. The van der Waals surface area contributed by atoms with E-state index in [9.17, 15) is 0 Å². The lowest BCUT2D eigenvalue weighted by molar-refractivity contribution is 0.266. The fourth-order valence-corrected chi connectivity index (χ4v) is 4.60. The van der Waals surface area contributed by atoms with Crippen molar-refractivity contribution in [2.45, 2.75) is 78.8 Å². The van der Waals surface area contributed by atoms with Gasteiger partial charge in [-0.05, 0) is 48.4 Å². The van der Waals surface area contributed by atoms with Gasteiger partial charge in [0.05, 0.1) is 0 Å². The standard InChI is InChI=1S/C19H32Cl2NP/c1-13(2)22(9)12-14-10-15(18(3,4)5)11-16(19(6,7)8)17(14)23(20)21/h10-11,13H,12H2,1-9H3. The van der Waals surface area contributed by atoms with Gasteiger partial charge >= 0.3 is 0 Å². The maximum absolute atomic E-state index is 6.46. The van der Waals surface area contributed by atoms with Gasteiger partial charge in [-0.2, -0.15) is 0 Å². The Hall–Kier alpha value is 0.190. The Morgan fingerprint density at radius 1 is 1.00 bits per heavy atom. The molecule has 0 saturated heterocycles. The second-order valence-corrected chi connectivity index (χ2v) is 12.2. The third kappa shape index (κ3) is 5.60. The smallest absolute Gasteiger partial charge is 0.117 e. The molecule has 1 aromatic rings. The van der Waals surface area contributed by atoms with Crippen LogP contribution in [0.15, 0.2) is 12.1 Å². The molecule has 0 bridgehead atoms. The summed E-state index contributed by atoms with van der Waals surface area (Å²) in [4.78, 5) is 2.34. The van der Waals surface area contributed by atoms with Crippen LogP contribution in [0.5, 0.6) is 0 Å². The van der Waals surface area contributed by atoms with Crippen molar-refractivity contribution in [2.24, 2.45) is 0 Å². The highest BCUT2D eigenvalue weighted by Crippen LogP contribution is 2.49. The first kappa shape index (κ1) is 21.2. The number of hydrogen-bond donors (Lipinski definition) is 0. The highest BCUT2D eigenvalue weighted by Gasteiger charge is 2.28. The predicted molar refractivity (Wildman–Crippen MR) is 109 cm³/mol. The van der Waals surface area contributed by atoms with Crippen LogP contribution in [0.1, 0.15) is 72.1 Å². The second-order valence-electron chi connectivity index (χ2n) is 8.77. The van der Waals surface area contributed by atoms with Crippen molar-refractivity contribution >= 4 is 34.4 Å². The van der Waals surface area contributed by atoms with E-state index in [-0.39, 0.29) is 10.8 Å². The number of benzene rings is 1. The molecule has 0 aliphatic rings. The molecule has 0 aliphatic carbocycles. The summed E-state index contributed by atoms with van der Waals surface area (Å²) in [6.07, 6.45) is 0. The summed E-state index contributed by atoms with van der Waals surface area (Å²) < 4.78 is 0. The van der Waals surface area contributed by atoms with Crippen LogP contribution in [0.4, 0.5) is 0 Å². The minimum absolute atomic E-state index is 0.0199. The van der Waals surface area contributed by atoms with Crippen molar-refractivity contribution in [3.63, 3.8) is 0 Å². The zero-order valence-corrected chi connectivity index (χ0v) is 18.5. The topological polar surface area (TPSA) is 3.24 Å². The van der Waals surface area contributed by atoms with Gasteiger partial charge in [-0.25, -0.2) is 0 Å². The zero-order valence-electron chi connectivity index (χ0n) is 16.1. The van der Waals surface area contributed by atoms with Gasteiger partial charge in [0.15, 0.2) is 0 Å². The summed E-state index contributed by atoms with van der Waals surface area (Å²) in [7, 11) is 2.15. The first-order valence-corrected chi connectivity index (χ1v) is 11.4. The van der Waals surface area contributed by atoms with Crippen molar-refractivity contribution in [3.8, 4) is 0 Å². The maximum atomic E-state index is 6.46. The van der Waals surface area contributed by atoms with Gasteiger partial charge in [0, 0.05) is 17.9 Å². The van der Waals surface area contributed by atoms with Crippen molar-refractivity contribution in [2.75, 3.05) is 7.05 Å². The van der Waals surface area contributed by atoms with Gasteiger partial charge in [0.1, 0.15) is 6.63 Å². The number of nitrogens with zero attached hydrogens (tertiary/aromatic N) is 1. The predicted octanol–water partition coefficient (Wildman–Crippen LogP) is 6.54. The molecule has 0 heterocycles. The quantitative estimate of drug-likeness (QED) is 0.540. The molecule has 1 nitrogen and oxygen atoms in total. The van der Waals surface area contributed by atoms with E-state index >= 15 is 0 Å².